The summed E-state index contributed by atoms with van der Waals surface area (Å²) in [5, 5.41) is 0. The van der Waals surface area contributed by atoms with Crippen LogP contribution < -0.4 is 4.90 Å². The molecule has 0 saturated carbocycles. The van der Waals surface area contributed by atoms with Gasteiger partial charge in [-0.3, -0.25) is 0 Å². The number of anilines is 2. The van der Waals surface area contributed by atoms with E-state index in [1.165, 1.54) is 0 Å². The summed E-state index contributed by atoms with van der Waals surface area (Å²) >= 11 is 0. The van der Waals surface area contributed by atoms with Gasteiger partial charge in [0.15, 0.2) is 0 Å². The average Bonchev–Trinajstić information content (AvgIpc) is 2.30. The first-order chi connectivity index (χ1) is 6.88. The fourth-order valence-electron chi connectivity index (χ4n) is 1.31. The van der Waals surface area contributed by atoms with Gasteiger partial charge in [-0.15, -0.1) is 12.1 Å². The average molecular weight is 5870 g/mol. The van der Waals surface area contributed by atoms with Crippen LogP contribution in [0.3, 0.4) is 0 Å². The Morgan fingerprint density at radius 1 is 0.167 bits per heavy atom. The van der Waals surface area contributed by atoms with E-state index < -0.39 is 0 Å². The van der Waals surface area contributed by atoms with Crippen LogP contribution in [0.2, 0.25) is 0 Å². The molecule has 0 heterocycles. The molecule has 0 aliphatic heterocycles. The molecular formula is C13H11NY64-2. The first-order valence-electron chi connectivity index (χ1n) is 4.55. The van der Waals surface area contributed by atoms with E-state index in [-0.39, 0.29) is 2090 Å². The van der Waals surface area contributed by atoms with Crippen LogP contribution in [0.15, 0.2) is 48.5 Å². The largest absolute Gasteiger partial charge is 0.391 e. The molecule has 0 N–H and O–H groups in total. The Morgan fingerprint density at radius 2 is 0.256 bits per heavy atom. The van der Waals surface area contributed by atoms with Crippen molar-refractivity contribution in [2.24, 2.45) is 0 Å². The molecule has 0 aliphatic rings. The van der Waals surface area contributed by atoms with E-state index in [1.54, 1.807) is 0 Å². The zero-order valence-electron chi connectivity index (χ0n) is 45.0. The third kappa shape index (κ3) is 348. The fourth-order valence-corrected chi connectivity index (χ4v) is 1.31. The standard InChI is InChI=1S/C13H11N.64Y/c1-14(12-8-4-2-5-9-12)13-10-6-3-7-11-13;;;;;;;;;;;;;;;;;;;;;;;;;;;;;;;;;;;;;;;;;;;;;;;;;;;;;;;;;;;;;;;;/h2-8,10H,1H3;;;;;;;;;;;;;;;;;;;;;;;;;;;;;;;;;;;;;;;;;;;;;;;;;;;;;;;;;;;;;;;;/q-2;;;;;;;;;;;;;;;;;;;;;;;;;;;;;;;;;;;;;;;;;;;;;;;;;;;;;;;;;;;;;;;;. The van der Waals surface area contributed by atoms with Gasteiger partial charge in [0, 0.05) is 2100 Å². The van der Waals surface area contributed by atoms with E-state index in [2.05, 4.69) is 17.0 Å². The second-order valence-corrected chi connectivity index (χ2v) is 3.05. The summed E-state index contributed by atoms with van der Waals surface area (Å²) in [6, 6.07) is 22.2. The van der Waals surface area contributed by atoms with E-state index in [4.69, 9.17) is 0 Å². The molecule has 0 fully saturated rings. The number of rotatable bonds is 2. The molecule has 2 aromatic carbocycles. The van der Waals surface area contributed by atoms with Crippen LogP contribution in [-0.4, -0.2) is 7.05 Å². The van der Waals surface area contributed by atoms with Crippen molar-refractivity contribution in [3.05, 3.63) is 60.7 Å². The maximum atomic E-state index is 3.17. The van der Waals surface area contributed by atoms with Crippen LogP contribution >= 0.6 is 0 Å². The van der Waals surface area contributed by atoms with Crippen LogP contribution in [0.25, 0.3) is 0 Å². The predicted octanol–water partition coefficient (Wildman–Crippen LogP) is 2.89. The molecule has 0 amide bonds. The molecule has 2 aromatic rings. The van der Waals surface area contributed by atoms with Crippen molar-refractivity contribution in [1.82, 2.24) is 0 Å². The molecule has 0 bridgehead atoms. The molecule has 65 heteroatoms. The number of hydrogen-bond donors (Lipinski definition) is 0. The van der Waals surface area contributed by atoms with Crippen LogP contribution in [-0.2, 0) is 2090 Å². The topological polar surface area (TPSA) is 3.24 Å². The molecule has 0 unspecified atom stereocenters. The molecule has 262 valence electrons. The molecule has 1 nitrogen and oxygen atoms in total. The Hall–Kier alpha value is 68.9. The molecule has 0 atom stereocenters. The van der Waals surface area contributed by atoms with Crippen LogP contribution in [0, 0.1) is 12.1 Å². The SMILES string of the molecule is CN(c1[c-]cccc1)c1[c-]cccc1.[Y].[Y].[Y].[Y].[Y].[Y].[Y].[Y].[Y].[Y].[Y].[Y].[Y].[Y].[Y].[Y].[Y].[Y].[Y].[Y].[Y].[Y].[Y].[Y].[Y].[Y].[Y].[Y].[Y].[Y].[Y].[Y].[Y].[Y].[Y].[Y].[Y].[Y].[Y].[Y].[Y].[Y].[Y].[Y].[Y].[Y].[Y].[Y].[Y].[Y].[Y].[Y].[Y].[Y].[Y].[Y].[Y].[Y].[Y].[Y].[Y].[Y].[Y].[Y]. The predicted molar refractivity (Wildman–Crippen MR) is 58.6 cm³/mol. The summed E-state index contributed by atoms with van der Waals surface area (Å²) in [7, 11) is 2.01. The minimum absolute atomic E-state index is 0. The number of para-hydroxylation sites is 2. The van der Waals surface area contributed by atoms with Gasteiger partial charge in [-0.05, 0) is 0 Å². The van der Waals surface area contributed by atoms with Gasteiger partial charge in [0.25, 0.3) is 0 Å². The second kappa shape index (κ2) is 396. The number of benzene rings is 2. The van der Waals surface area contributed by atoms with Gasteiger partial charge in [-0.2, -0.15) is 48.5 Å². The van der Waals surface area contributed by atoms with Crippen LogP contribution in [0.1, 0.15) is 0 Å². The Bertz CT molecular complexity index is 394. The molecule has 0 aromatic heterocycles. The van der Waals surface area contributed by atoms with Crippen molar-refractivity contribution < 1.29 is 2090 Å². The third-order valence-corrected chi connectivity index (χ3v) is 2.11. The van der Waals surface area contributed by atoms with E-state index in [9.17, 15) is 0 Å². The number of hydrogen-bond acceptors (Lipinski definition) is 1. The van der Waals surface area contributed by atoms with Crippen LogP contribution in [0.4, 0.5) is 11.4 Å². The van der Waals surface area contributed by atoms with Gasteiger partial charge < -0.3 is 4.90 Å². The van der Waals surface area contributed by atoms with Gasteiger partial charge in [-0.25, -0.2) is 0 Å². The normalized spacial score (nSPS) is 1.76. The molecule has 0 spiro atoms. The Morgan fingerprint density at radius 3 is 0.321 bits per heavy atom. The van der Waals surface area contributed by atoms with Gasteiger partial charge in [-0.1, -0.05) is 11.4 Å². The van der Waals surface area contributed by atoms with E-state index in [1.807, 2.05) is 55.6 Å². The summed E-state index contributed by atoms with van der Waals surface area (Å²) in [5.41, 5.74) is 2.10. The van der Waals surface area contributed by atoms with Gasteiger partial charge >= 0.3 is 0 Å². The van der Waals surface area contributed by atoms with Gasteiger partial charge in [0.1, 0.15) is 0 Å². The third-order valence-electron chi connectivity index (χ3n) is 2.11. The van der Waals surface area contributed by atoms with E-state index in [0.29, 0.717) is 0 Å². The van der Waals surface area contributed by atoms with Crippen molar-refractivity contribution in [3.8, 4) is 0 Å². The molecule has 2 rings (SSSR count). The zero-order chi connectivity index (χ0) is 9.80. The van der Waals surface area contributed by atoms with Crippen molar-refractivity contribution >= 4 is 11.4 Å². The summed E-state index contributed by atoms with van der Waals surface area (Å²) in [5.74, 6) is 0. The van der Waals surface area contributed by atoms with Crippen LogP contribution in [0.5, 0.6) is 0 Å². The minimum atomic E-state index is 0. The zero-order valence-corrected chi connectivity index (χ0v) is 227. The van der Waals surface area contributed by atoms with Crippen molar-refractivity contribution in [1.29, 1.82) is 0 Å². The monoisotopic (exact) mass is 5870 g/mol. The smallest absolute Gasteiger partial charge is 0.00724 e. The Labute approximate surface area is 2090 Å². The number of nitrogens with zero attached hydrogens (tertiary/aromatic N) is 1. The van der Waals surface area contributed by atoms with E-state index in [0.717, 1.165) is 11.4 Å². The van der Waals surface area contributed by atoms with Crippen molar-refractivity contribution in [3.63, 3.8) is 0 Å². The molecular weight excluding hydrogens is 5860 g/mol. The fraction of sp³-hybridized carbons (Fsp3) is 0.0769. The van der Waals surface area contributed by atoms with E-state index >= 15 is 0 Å². The molecule has 64 radical (unpaired) electrons. The van der Waals surface area contributed by atoms with Crippen molar-refractivity contribution in [2.75, 3.05) is 11.9 Å². The summed E-state index contributed by atoms with van der Waals surface area (Å²) in [4.78, 5) is 2.06. The summed E-state index contributed by atoms with van der Waals surface area (Å²) < 4.78 is 0. The molecule has 0 saturated heterocycles. The summed E-state index contributed by atoms with van der Waals surface area (Å²) in [6.45, 7) is 0. The quantitative estimate of drug-likeness (QED) is 0.419. The first kappa shape index (κ1) is 444. The summed E-state index contributed by atoms with van der Waals surface area (Å²) in [6.07, 6.45) is 0. The maximum Gasteiger partial charge on any atom is 0.00724 e. The minimum Gasteiger partial charge on any atom is -0.391 e. The van der Waals surface area contributed by atoms with Crippen molar-refractivity contribution in [2.45, 2.75) is 0 Å². The second-order valence-electron chi connectivity index (χ2n) is 3.05. The van der Waals surface area contributed by atoms with Gasteiger partial charge in [0.05, 0.1) is 0 Å². The Kier molecular flexibility index (Phi) is 2260. The molecule has 0 aliphatic carbocycles. The Balaban J connectivity index is -0.000000000576. The molecule has 78 heavy (non-hydrogen) atoms. The first-order valence-corrected chi connectivity index (χ1v) is 4.55. The maximum absolute atomic E-state index is 3.17. The van der Waals surface area contributed by atoms with Gasteiger partial charge in [0.2, 0.25) is 0 Å².